The van der Waals surface area contributed by atoms with Crippen molar-refractivity contribution in [2.45, 2.75) is 88.8 Å². The number of aromatic nitrogens is 1. The van der Waals surface area contributed by atoms with Crippen LogP contribution >= 0.6 is 11.3 Å². The number of rotatable bonds is 6. The fraction of sp³-hybridized carbons (Fsp3) is 0.727. The zero-order valence-electron chi connectivity index (χ0n) is 17.5. The third kappa shape index (κ3) is 4.85. The first kappa shape index (κ1) is 21.3. The van der Waals surface area contributed by atoms with Crippen LogP contribution < -0.4 is 10.6 Å². The van der Waals surface area contributed by atoms with Crippen LogP contribution in [-0.2, 0) is 9.59 Å². The number of carbonyl (C=O) groups is 3. The standard InChI is InChI=1S/C22H32N4O3S/c27-19(24-16-9-4-5-10-16)17-11-6-13-26(17)22(29)18(15-7-2-1-3-8-15)25-20(28)21-23-12-14-30-21/h12,14-18H,1-11,13H2,(H,24,27)(H,25,28)/t17-,18-/m0/s1. The van der Waals surface area contributed by atoms with E-state index in [0.717, 1.165) is 57.8 Å². The minimum atomic E-state index is -0.582. The predicted octanol–water partition coefficient (Wildman–Crippen LogP) is 2.87. The van der Waals surface area contributed by atoms with Gasteiger partial charge in [-0.05, 0) is 44.4 Å². The van der Waals surface area contributed by atoms with Crippen molar-refractivity contribution in [3.63, 3.8) is 0 Å². The summed E-state index contributed by atoms with van der Waals surface area (Å²) in [4.78, 5) is 45.1. The third-order valence-electron chi connectivity index (χ3n) is 6.84. The molecule has 1 aromatic rings. The SMILES string of the molecule is O=C(N[C@H](C(=O)N1CCC[C@H]1C(=O)NC1CCCC1)C1CCCCC1)c1nccs1. The van der Waals surface area contributed by atoms with E-state index >= 15 is 0 Å². The van der Waals surface area contributed by atoms with E-state index in [9.17, 15) is 14.4 Å². The monoisotopic (exact) mass is 432 g/mol. The maximum Gasteiger partial charge on any atom is 0.280 e. The molecular formula is C22H32N4O3S. The topological polar surface area (TPSA) is 91.4 Å². The first-order valence-corrected chi connectivity index (χ1v) is 12.3. The molecule has 0 aromatic carbocycles. The van der Waals surface area contributed by atoms with Gasteiger partial charge in [-0.15, -0.1) is 11.3 Å². The summed E-state index contributed by atoms with van der Waals surface area (Å²) in [5, 5.41) is 8.28. The third-order valence-corrected chi connectivity index (χ3v) is 7.61. The first-order valence-electron chi connectivity index (χ1n) is 11.4. The van der Waals surface area contributed by atoms with Crippen molar-refractivity contribution in [1.82, 2.24) is 20.5 Å². The molecule has 0 bridgehead atoms. The molecule has 3 aliphatic rings. The molecular weight excluding hydrogens is 400 g/mol. The summed E-state index contributed by atoms with van der Waals surface area (Å²) in [6.07, 6.45) is 12.7. The molecule has 0 radical (unpaired) electrons. The quantitative estimate of drug-likeness (QED) is 0.723. The lowest BCUT2D eigenvalue weighted by molar-refractivity contribution is -0.141. The maximum atomic E-state index is 13.6. The molecule has 1 aromatic heterocycles. The molecule has 2 N–H and O–H groups in total. The molecule has 8 heteroatoms. The van der Waals surface area contributed by atoms with Crippen molar-refractivity contribution in [3.05, 3.63) is 16.6 Å². The molecule has 30 heavy (non-hydrogen) atoms. The summed E-state index contributed by atoms with van der Waals surface area (Å²) in [6.45, 7) is 0.581. The lowest BCUT2D eigenvalue weighted by Crippen LogP contribution is -2.56. The fourth-order valence-corrected chi connectivity index (χ4v) is 5.77. The van der Waals surface area contributed by atoms with Crippen LogP contribution in [0, 0.1) is 5.92 Å². The van der Waals surface area contributed by atoms with Gasteiger partial charge in [-0.1, -0.05) is 32.1 Å². The average Bonchev–Trinajstić information content (AvgIpc) is 3.54. The van der Waals surface area contributed by atoms with Gasteiger partial charge in [-0.2, -0.15) is 0 Å². The van der Waals surface area contributed by atoms with Gasteiger partial charge < -0.3 is 15.5 Å². The van der Waals surface area contributed by atoms with Crippen molar-refractivity contribution >= 4 is 29.1 Å². The Labute approximate surface area is 182 Å². The first-order chi connectivity index (χ1) is 14.6. The Morgan fingerprint density at radius 3 is 2.43 bits per heavy atom. The zero-order chi connectivity index (χ0) is 20.9. The van der Waals surface area contributed by atoms with E-state index in [1.165, 1.54) is 17.8 Å². The van der Waals surface area contributed by atoms with Crippen molar-refractivity contribution in [2.24, 2.45) is 5.92 Å². The highest BCUT2D eigenvalue weighted by Crippen LogP contribution is 2.30. The summed E-state index contributed by atoms with van der Waals surface area (Å²) >= 11 is 1.27. The number of likely N-dealkylation sites (tertiary alicyclic amines) is 1. The van der Waals surface area contributed by atoms with Crippen LogP contribution in [0.2, 0.25) is 0 Å². The highest BCUT2D eigenvalue weighted by Gasteiger charge is 2.41. The van der Waals surface area contributed by atoms with Gasteiger partial charge in [-0.25, -0.2) is 4.98 Å². The van der Waals surface area contributed by atoms with Crippen molar-refractivity contribution < 1.29 is 14.4 Å². The van der Waals surface area contributed by atoms with E-state index in [1.807, 2.05) is 0 Å². The molecule has 164 valence electrons. The summed E-state index contributed by atoms with van der Waals surface area (Å²) in [7, 11) is 0. The van der Waals surface area contributed by atoms with Crippen LogP contribution in [0.15, 0.2) is 11.6 Å². The van der Waals surface area contributed by atoms with Crippen LogP contribution in [0.4, 0.5) is 0 Å². The Balaban J connectivity index is 1.47. The second kappa shape index (κ2) is 9.90. The molecule has 1 saturated heterocycles. The highest BCUT2D eigenvalue weighted by molar-refractivity contribution is 7.11. The van der Waals surface area contributed by atoms with E-state index in [2.05, 4.69) is 15.6 Å². The highest BCUT2D eigenvalue weighted by atomic mass is 32.1. The zero-order valence-corrected chi connectivity index (χ0v) is 18.3. The number of hydrogen-bond acceptors (Lipinski definition) is 5. The number of nitrogens with one attached hydrogen (secondary N) is 2. The molecule has 4 rings (SSSR count). The number of hydrogen-bond donors (Lipinski definition) is 2. The van der Waals surface area contributed by atoms with Gasteiger partial charge in [0.05, 0.1) is 0 Å². The molecule has 3 amide bonds. The molecule has 3 fully saturated rings. The summed E-state index contributed by atoms with van der Waals surface area (Å²) in [6, 6.07) is -0.753. The molecule has 2 heterocycles. The smallest absolute Gasteiger partial charge is 0.280 e. The Morgan fingerprint density at radius 2 is 1.73 bits per heavy atom. The van der Waals surface area contributed by atoms with Crippen LogP contribution in [0.25, 0.3) is 0 Å². The van der Waals surface area contributed by atoms with Crippen molar-refractivity contribution in [3.8, 4) is 0 Å². The Hall–Kier alpha value is -1.96. The predicted molar refractivity (Wildman–Crippen MR) is 115 cm³/mol. The molecule has 0 unspecified atom stereocenters. The Morgan fingerprint density at radius 1 is 1.00 bits per heavy atom. The lowest BCUT2D eigenvalue weighted by atomic mass is 9.83. The molecule has 2 saturated carbocycles. The molecule has 2 aliphatic carbocycles. The minimum Gasteiger partial charge on any atom is -0.352 e. The van der Waals surface area contributed by atoms with Gasteiger partial charge in [-0.3, -0.25) is 14.4 Å². The molecule has 2 atom stereocenters. The largest absolute Gasteiger partial charge is 0.352 e. The number of nitrogens with zero attached hydrogens (tertiary/aromatic N) is 2. The Bertz CT molecular complexity index is 742. The van der Waals surface area contributed by atoms with E-state index in [0.29, 0.717) is 18.0 Å². The van der Waals surface area contributed by atoms with Gasteiger partial charge in [0.1, 0.15) is 12.1 Å². The van der Waals surface area contributed by atoms with Gasteiger partial charge in [0.2, 0.25) is 11.8 Å². The Kier molecular flexibility index (Phi) is 7.02. The second-order valence-corrected chi connectivity index (χ2v) is 9.76. The normalized spacial score (nSPS) is 24.0. The van der Waals surface area contributed by atoms with Gasteiger partial charge >= 0.3 is 0 Å². The van der Waals surface area contributed by atoms with Crippen LogP contribution in [0.1, 0.15) is 80.4 Å². The van der Waals surface area contributed by atoms with Gasteiger partial charge in [0.25, 0.3) is 5.91 Å². The maximum absolute atomic E-state index is 13.6. The van der Waals surface area contributed by atoms with E-state index < -0.39 is 12.1 Å². The van der Waals surface area contributed by atoms with Crippen LogP contribution in [0.3, 0.4) is 0 Å². The number of carbonyl (C=O) groups excluding carboxylic acids is 3. The fourth-order valence-electron chi connectivity index (χ4n) is 5.24. The van der Waals surface area contributed by atoms with E-state index in [-0.39, 0.29) is 29.7 Å². The second-order valence-electron chi connectivity index (χ2n) is 8.87. The van der Waals surface area contributed by atoms with Crippen LogP contribution in [0.5, 0.6) is 0 Å². The van der Waals surface area contributed by atoms with E-state index in [1.54, 1.807) is 16.5 Å². The molecule has 1 aliphatic heterocycles. The summed E-state index contributed by atoms with van der Waals surface area (Å²) < 4.78 is 0. The number of amides is 3. The molecule has 0 spiro atoms. The minimum absolute atomic E-state index is 0.0265. The van der Waals surface area contributed by atoms with Crippen LogP contribution in [-0.4, -0.2) is 52.3 Å². The van der Waals surface area contributed by atoms with Crippen molar-refractivity contribution in [2.75, 3.05) is 6.54 Å². The lowest BCUT2D eigenvalue weighted by Gasteiger charge is -2.34. The molecule has 7 nitrogen and oxygen atoms in total. The summed E-state index contributed by atoms with van der Waals surface area (Å²) in [5.74, 6) is -0.299. The average molecular weight is 433 g/mol. The van der Waals surface area contributed by atoms with Gasteiger partial charge in [0.15, 0.2) is 5.01 Å². The van der Waals surface area contributed by atoms with Gasteiger partial charge in [0, 0.05) is 24.2 Å². The summed E-state index contributed by atoms with van der Waals surface area (Å²) in [5.41, 5.74) is 0. The van der Waals surface area contributed by atoms with Crippen molar-refractivity contribution in [1.29, 1.82) is 0 Å². The van der Waals surface area contributed by atoms with E-state index in [4.69, 9.17) is 0 Å². The number of thiazole rings is 1.